The summed E-state index contributed by atoms with van der Waals surface area (Å²) in [4.78, 5) is 13.5. The fourth-order valence-corrected chi connectivity index (χ4v) is 0.997. The fourth-order valence-electron chi connectivity index (χ4n) is 0.997. The van der Waals surface area contributed by atoms with Gasteiger partial charge < -0.3 is 0 Å². The van der Waals surface area contributed by atoms with E-state index in [0.717, 1.165) is 5.56 Å². The van der Waals surface area contributed by atoms with Gasteiger partial charge in [-0.3, -0.25) is 4.79 Å². The summed E-state index contributed by atoms with van der Waals surface area (Å²) in [7, 11) is 0. The summed E-state index contributed by atoms with van der Waals surface area (Å²) in [5.74, 6) is 5.55. The molecule has 74 valence electrons. The average Bonchev–Trinajstić information content (AvgIpc) is 2.25. The fraction of sp³-hybridized carbons (Fsp3) is 0.182. The van der Waals surface area contributed by atoms with E-state index in [4.69, 9.17) is 5.53 Å². The number of azide groups is 1. The Labute approximate surface area is 87.6 Å². The summed E-state index contributed by atoms with van der Waals surface area (Å²) in [6.07, 6.45) is 0. The lowest BCUT2D eigenvalue weighted by Gasteiger charge is -1.94. The predicted octanol–water partition coefficient (Wildman–Crippen LogP) is 2.55. The Morgan fingerprint density at radius 3 is 2.67 bits per heavy atom. The monoisotopic (exact) mass is 199 g/mol. The Morgan fingerprint density at radius 1 is 1.47 bits per heavy atom. The maximum absolute atomic E-state index is 11.0. The van der Waals surface area contributed by atoms with Crippen molar-refractivity contribution < 1.29 is 4.79 Å². The highest BCUT2D eigenvalue weighted by Gasteiger charge is 1.96. The van der Waals surface area contributed by atoms with Gasteiger partial charge in [0.1, 0.15) is 0 Å². The Morgan fingerprint density at radius 2 is 2.13 bits per heavy atom. The van der Waals surface area contributed by atoms with E-state index in [2.05, 4.69) is 21.9 Å². The quantitative estimate of drug-likeness (QED) is 0.237. The Balaban J connectivity index is 2.75. The maximum Gasteiger partial charge on any atom is 0.159 e. The van der Waals surface area contributed by atoms with Crippen molar-refractivity contribution in [2.45, 2.75) is 6.92 Å². The zero-order valence-corrected chi connectivity index (χ0v) is 8.27. The van der Waals surface area contributed by atoms with Crippen LogP contribution in [0.15, 0.2) is 29.4 Å². The van der Waals surface area contributed by atoms with Crippen molar-refractivity contribution in [2.24, 2.45) is 5.11 Å². The molecular weight excluding hydrogens is 190 g/mol. The number of carbonyl (C=O) groups excluding carboxylic acids is 1. The molecule has 0 atom stereocenters. The lowest BCUT2D eigenvalue weighted by molar-refractivity contribution is 0.101. The number of ketones is 1. The standard InChI is InChI=1S/C11H9N3O/c1-9(15)11-6-4-10(5-7-11)3-2-8-13-14-12/h4-7H,8H2,1H3. The number of carbonyl (C=O) groups is 1. The SMILES string of the molecule is CC(=O)c1ccc(C#CCN=[N+]=[N-])cc1. The summed E-state index contributed by atoms with van der Waals surface area (Å²) in [5, 5.41) is 3.29. The number of rotatable bonds is 2. The molecule has 0 N–H and O–H groups in total. The smallest absolute Gasteiger partial charge is 0.159 e. The third-order valence-electron chi connectivity index (χ3n) is 1.74. The molecule has 0 radical (unpaired) electrons. The van der Waals surface area contributed by atoms with E-state index in [1.807, 2.05) is 0 Å². The minimum absolute atomic E-state index is 0.0311. The second kappa shape index (κ2) is 5.48. The van der Waals surface area contributed by atoms with Crippen LogP contribution in [0.3, 0.4) is 0 Å². The largest absolute Gasteiger partial charge is 0.295 e. The molecular formula is C11H9N3O. The minimum atomic E-state index is 0.0311. The molecule has 15 heavy (non-hydrogen) atoms. The Bertz CT molecular complexity index is 459. The van der Waals surface area contributed by atoms with Gasteiger partial charge in [0, 0.05) is 16.0 Å². The molecule has 0 heterocycles. The van der Waals surface area contributed by atoms with Crippen LogP contribution in [-0.4, -0.2) is 12.3 Å². The van der Waals surface area contributed by atoms with Crippen LogP contribution in [0.1, 0.15) is 22.8 Å². The molecule has 1 rings (SSSR count). The van der Waals surface area contributed by atoms with E-state index in [9.17, 15) is 4.79 Å². The number of hydrogen-bond acceptors (Lipinski definition) is 2. The second-order valence-electron chi connectivity index (χ2n) is 2.82. The molecule has 1 aromatic rings. The van der Waals surface area contributed by atoms with Crippen molar-refractivity contribution in [1.29, 1.82) is 0 Å². The molecule has 0 aromatic heterocycles. The van der Waals surface area contributed by atoms with Crippen LogP contribution in [-0.2, 0) is 0 Å². The van der Waals surface area contributed by atoms with E-state index in [1.54, 1.807) is 24.3 Å². The van der Waals surface area contributed by atoms with Gasteiger partial charge >= 0.3 is 0 Å². The highest BCUT2D eigenvalue weighted by molar-refractivity contribution is 5.94. The first-order chi connectivity index (χ1) is 7.24. The lowest BCUT2D eigenvalue weighted by Crippen LogP contribution is -1.90. The van der Waals surface area contributed by atoms with E-state index >= 15 is 0 Å². The number of hydrogen-bond donors (Lipinski definition) is 0. The molecule has 0 saturated heterocycles. The topological polar surface area (TPSA) is 65.8 Å². The van der Waals surface area contributed by atoms with Gasteiger partial charge in [0.2, 0.25) is 0 Å². The van der Waals surface area contributed by atoms with Gasteiger partial charge in [0.05, 0.1) is 6.54 Å². The second-order valence-corrected chi connectivity index (χ2v) is 2.82. The van der Waals surface area contributed by atoms with Gasteiger partial charge in [-0.05, 0) is 24.6 Å². The third-order valence-corrected chi connectivity index (χ3v) is 1.74. The van der Waals surface area contributed by atoms with Crippen LogP contribution >= 0.6 is 0 Å². The zero-order chi connectivity index (χ0) is 11.1. The molecule has 0 fully saturated rings. The molecule has 0 spiro atoms. The number of nitrogens with zero attached hydrogens (tertiary/aromatic N) is 3. The van der Waals surface area contributed by atoms with Gasteiger partial charge in [0.25, 0.3) is 0 Å². The molecule has 0 aliphatic rings. The normalized spacial score (nSPS) is 8.33. The molecule has 0 aliphatic carbocycles. The molecule has 4 nitrogen and oxygen atoms in total. The van der Waals surface area contributed by atoms with Crippen molar-refractivity contribution >= 4 is 5.78 Å². The highest BCUT2D eigenvalue weighted by atomic mass is 16.1. The molecule has 4 heteroatoms. The van der Waals surface area contributed by atoms with Crippen LogP contribution in [0, 0.1) is 11.8 Å². The van der Waals surface area contributed by atoms with Gasteiger partial charge in [0.15, 0.2) is 5.78 Å². The molecule has 0 bridgehead atoms. The highest BCUT2D eigenvalue weighted by Crippen LogP contribution is 2.03. The minimum Gasteiger partial charge on any atom is -0.295 e. The summed E-state index contributed by atoms with van der Waals surface area (Å²) in [6.45, 7) is 1.67. The van der Waals surface area contributed by atoms with E-state index < -0.39 is 0 Å². The zero-order valence-electron chi connectivity index (χ0n) is 8.27. The van der Waals surface area contributed by atoms with Crippen LogP contribution in [0.25, 0.3) is 10.4 Å². The molecule has 0 aliphatic heterocycles. The maximum atomic E-state index is 11.0. The number of benzene rings is 1. The van der Waals surface area contributed by atoms with Crippen molar-refractivity contribution in [1.82, 2.24) is 0 Å². The Hall–Kier alpha value is -2.24. The Kier molecular flexibility index (Phi) is 3.96. The van der Waals surface area contributed by atoms with Gasteiger partial charge in [-0.25, -0.2) is 0 Å². The average molecular weight is 199 g/mol. The van der Waals surface area contributed by atoms with Crippen molar-refractivity contribution in [3.63, 3.8) is 0 Å². The van der Waals surface area contributed by atoms with Crippen molar-refractivity contribution in [3.05, 3.63) is 45.8 Å². The summed E-state index contributed by atoms with van der Waals surface area (Å²) in [5.41, 5.74) is 9.48. The van der Waals surface area contributed by atoms with Crippen LogP contribution in [0.5, 0.6) is 0 Å². The van der Waals surface area contributed by atoms with Crippen molar-refractivity contribution in [2.75, 3.05) is 6.54 Å². The van der Waals surface area contributed by atoms with Gasteiger partial charge in [-0.1, -0.05) is 29.1 Å². The predicted molar refractivity (Wildman–Crippen MR) is 57.3 cm³/mol. The van der Waals surface area contributed by atoms with E-state index in [1.165, 1.54) is 6.92 Å². The number of Topliss-reactive ketones (excluding diaryl/α,β-unsaturated/α-hetero) is 1. The van der Waals surface area contributed by atoms with Crippen LogP contribution in [0.2, 0.25) is 0 Å². The van der Waals surface area contributed by atoms with Crippen molar-refractivity contribution in [3.8, 4) is 11.8 Å². The first-order valence-corrected chi connectivity index (χ1v) is 4.35. The summed E-state index contributed by atoms with van der Waals surface area (Å²) in [6, 6.07) is 6.97. The van der Waals surface area contributed by atoms with Crippen LogP contribution < -0.4 is 0 Å². The summed E-state index contributed by atoms with van der Waals surface area (Å²) < 4.78 is 0. The molecule has 0 unspecified atom stereocenters. The van der Waals surface area contributed by atoms with Gasteiger partial charge in [-0.2, -0.15) is 0 Å². The molecule has 0 saturated carbocycles. The first-order valence-electron chi connectivity index (χ1n) is 4.35. The molecule has 0 amide bonds. The van der Waals surface area contributed by atoms with Crippen LogP contribution in [0.4, 0.5) is 0 Å². The lowest BCUT2D eigenvalue weighted by atomic mass is 10.1. The van der Waals surface area contributed by atoms with E-state index in [0.29, 0.717) is 5.56 Å². The van der Waals surface area contributed by atoms with Gasteiger partial charge in [-0.15, -0.1) is 0 Å². The third kappa shape index (κ3) is 3.55. The summed E-state index contributed by atoms with van der Waals surface area (Å²) >= 11 is 0. The molecule has 1 aromatic carbocycles. The first kappa shape index (κ1) is 10.8. The van der Waals surface area contributed by atoms with E-state index in [-0.39, 0.29) is 12.3 Å².